The van der Waals surface area contributed by atoms with Crippen LogP contribution in [0, 0.1) is 6.92 Å². The lowest BCUT2D eigenvalue weighted by Crippen LogP contribution is -2.26. The Morgan fingerprint density at radius 1 is 1.19 bits per heavy atom. The minimum Gasteiger partial charge on any atom is -0.466 e. The second-order valence-corrected chi connectivity index (χ2v) is 6.95. The van der Waals surface area contributed by atoms with Gasteiger partial charge in [0.05, 0.1) is 40.7 Å². The van der Waals surface area contributed by atoms with E-state index < -0.39 is 0 Å². The Kier molecular flexibility index (Phi) is 5.82. The van der Waals surface area contributed by atoms with Crippen molar-refractivity contribution in [2.75, 3.05) is 6.61 Å². The molecule has 0 saturated carbocycles. The number of aromatic nitrogens is 2. The molecule has 0 amide bonds. The maximum atomic E-state index is 13.0. The summed E-state index contributed by atoms with van der Waals surface area (Å²) in [5, 5.41) is 6.50. The summed E-state index contributed by atoms with van der Waals surface area (Å²) < 4.78 is 6.39. The fourth-order valence-corrected chi connectivity index (χ4v) is 3.28. The first-order valence-corrected chi connectivity index (χ1v) is 9.25. The largest absolute Gasteiger partial charge is 0.466 e. The van der Waals surface area contributed by atoms with Gasteiger partial charge in [-0.1, -0.05) is 47.5 Å². The molecular formula is C20H18Cl2N2O3. The monoisotopic (exact) mass is 404 g/mol. The quantitative estimate of drug-likeness (QED) is 0.598. The molecule has 5 nitrogen and oxygen atoms in total. The molecule has 27 heavy (non-hydrogen) atoms. The van der Waals surface area contributed by atoms with Crippen molar-refractivity contribution in [3.8, 4) is 0 Å². The predicted molar refractivity (Wildman–Crippen MR) is 107 cm³/mol. The Hall–Kier alpha value is -2.37. The zero-order valence-corrected chi connectivity index (χ0v) is 16.5. The van der Waals surface area contributed by atoms with Crippen LogP contribution in [0.4, 0.5) is 0 Å². The molecular weight excluding hydrogens is 387 g/mol. The lowest BCUT2D eigenvalue weighted by molar-refractivity contribution is -0.142. The summed E-state index contributed by atoms with van der Waals surface area (Å²) in [6, 6.07) is 10.7. The molecule has 0 aliphatic rings. The number of rotatable bonds is 5. The first kappa shape index (κ1) is 19.4. The molecule has 0 radical (unpaired) electrons. The molecule has 0 spiro atoms. The van der Waals surface area contributed by atoms with Crippen LogP contribution in [-0.4, -0.2) is 22.4 Å². The van der Waals surface area contributed by atoms with Gasteiger partial charge in [-0.25, -0.2) is 4.68 Å². The molecule has 0 unspecified atom stereocenters. The summed E-state index contributed by atoms with van der Waals surface area (Å²) in [6.45, 7) is 4.12. The fourth-order valence-electron chi connectivity index (χ4n) is 2.96. The molecule has 1 heterocycles. The Balaban J connectivity index is 2.13. The number of hydrogen-bond acceptors (Lipinski definition) is 4. The molecule has 0 fully saturated rings. The van der Waals surface area contributed by atoms with Gasteiger partial charge in [-0.05, 0) is 37.1 Å². The van der Waals surface area contributed by atoms with Gasteiger partial charge < -0.3 is 4.74 Å². The Labute approximate surface area is 166 Å². The first-order chi connectivity index (χ1) is 12.9. The van der Waals surface area contributed by atoms with Crippen LogP contribution in [0.15, 0.2) is 41.2 Å². The van der Waals surface area contributed by atoms with Crippen molar-refractivity contribution < 1.29 is 9.53 Å². The summed E-state index contributed by atoms with van der Waals surface area (Å²) in [5.41, 5.74) is 1.90. The zero-order chi connectivity index (χ0) is 19.6. The van der Waals surface area contributed by atoms with Crippen molar-refractivity contribution >= 4 is 39.9 Å². The van der Waals surface area contributed by atoms with Crippen molar-refractivity contribution in [1.29, 1.82) is 0 Å². The van der Waals surface area contributed by atoms with Gasteiger partial charge in [-0.2, -0.15) is 5.10 Å². The number of aryl methyl sites for hydroxylation is 1. The number of ether oxygens (including phenoxy) is 1. The summed E-state index contributed by atoms with van der Waals surface area (Å²) in [6.07, 6.45) is -0.00452. The van der Waals surface area contributed by atoms with Crippen LogP contribution in [0.3, 0.4) is 0 Å². The van der Waals surface area contributed by atoms with Gasteiger partial charge in [0.1, 0.15) is 0 Å². The van der Waals surface area contributed by atoms with Crippen LogP contribution >= 0.6 is 23.2 Å². The zero-order valence-electron chi connectivity index (χ0n) is 15.0. The molecule has 140 valence electrons. The molecule has 7 heteroatoms. The second kappa shape index (κ2) is 8.11. The third kappa shape index (κ3) is 4.15. The Morgan fingerprint density at radius 3 is 2.67 bits per heavy atom. The van der Waals surface area contributed by atoms with Gasteiger partial charge in [0.2, 0.25) is 0 Å². The highest BCUT2D eigenvalue weighted by molar-refractivity contribution is 6.42. The topological polar surface area (TPSA) is 61.2 Å². The van der Waals surface area contributed by atoms with E-state index in [9.17, 15) is 9.59 Å². The average Bonchev–Trinajstić information content (AvgIpc) is 2.62. The molecule has 3 rings (SSSR count). The summed E-state index contributed by atoms with van der Waals surface area (Å²) in [4.78, 5) is 25.0. The lowest BCUT2D eigenvalue weighted by Gasteiger charge is -2.12. The van der Waals surface area contributed by atoms with Crippen LogP contribution in [0.1, 0.15) is 23.7 Å². The van der Waals surface area contributed by atoms with Crippen molar-refractivity contribution in [3.05, 3.63) is 73.6 Å². The van der Waals surface area contributed by atoms with E-state index in [0.29, 0.717) is 33.1 Å². The van der Waals surface area contributed by atoms with Crippen molar-refractivity contribution in [1.82, 2.24) is 9.78 Å². The van der Waals surface area contributed by atoms with Crippen LogP contribution in [0.2, 0.25) is 10.0 Å². The number of nitrogens with zero attached hydrogens (tertiary/aromatic N) is 2. The molecule has 0 saturated heterocycles. The highest BCUT2D eigenvalue weighted by Crippen LogP contribution is 2.23. The van der Waals surface area contributed by atoms with Gasteiger partial charge in [-0.15, -0.1) is 0 Å². The van der Waals surface area contributed by atoms with E-state index in [2.05, 4.69) is 5.10 Å². The Morgan fingerprint density at radius 2 is 1.96 bits per heavy atom. The van der Waals surface area contributed by atoms with E-state index in [4.69, 9.17) is 27.9 Å². The molecule has 3 aromatic rings. The van der Waals surface area contributed by atoms with E-state index >= 15 is 0 Å². The molecule has 0 aliphatic heterocycles. The number of fused-ring (bicyclic) bond motifs is 1. The highest BCUT2D eigenvalue weighted by Gasteiger charge is 2.16. The molecule has 0 atom stereocenters. The van der Waals surface area contributed by atoms with Crippen LogP contribution in [0.5, 0.6) is 0 Å². The van der Waals surface area contributed by atoms with Gasteiger partial charge in [0, 0.05) is 5.39 Å². The number of benzene rings is 2. The van der Waals surface area contributed by atoms with E-state index in [1.165, 1.54) is 4.68 Å². The second-order valence-electron chi connectivity index (χ2n) is 6.14. The number of carbonyl (C=O) groups is 1. The molecule has 2 aromatic carbocycles. The normalized spacial score (nSPS) is 11.0. The lowest BCUT2D eigenvalue weighted by atomic mass is 10.0. The maximum absolute atomic E-state index is 13.0. The number of esters is 1. The molecule has 0 bridgehead atoms. The van der Waals surface area contributed by atoms with Crippen molar-refractivity contribution in [3.63, 3.8) is 0 Å². The van der Waals surface area contributed by atoms with Crippen LogP contribution < -0.4 is 5.56 Å². The van der Waals surface area contributed by atoms with E-state index in [-0.39, 0.29) is 24.5 Å². The van der Waals surface area contributed by atoms with Gasteiger partial charge in [-0.3, -0.25) is 9.59 Å². The number of carbonyl (C=O) groups excluding carboxylic acids is 1. The third-order valence-electron chi connectivity index (χ3n) is 4.21. The minimum atomic E-state index is -0.382. The third-order valence-corrected chi connectivity index (χ3v) is 4.95. The predicted octanol–water partition coefficient (Wildman–Crippen LogP) is 4.17. The minimum absolute atomic E-state index is 0.00452. The molecule has 0 aliphatic carbocycles. The fraction of sp³-hybridized carbons (Fsp3) is 0.250. The summed E-state index contributed by atoms with van der Waals surface area (Å²) in [7, 11) is 0. The van der Waals surface area contributed by atoms with Crippen molar-refractivity contribution in [2.24, 2.45) is 0 Å². The SMILES string of the molecule is CCOC(=O)Cc1nn(Cc2ccc(Cl)c(Cl)c2)c(=O)c2c(C)cccc12. The smallest absolute Gasteiger partial charge is 0.311 e. The van der Waals surface area contributed by atoms with Crippen molar-refractivity contribution in [2.45, 2.75) is 26.8 Å². The molecule has 0 N–H and O–H groups in total. The van der Waals surface area contributed by atoms with E-state index in [1.807, 2.05) is 19.1 Å². The van der Waals surface area contributed by atoms with E-state index in [1.54, 1.807) is 31.2 Å². The first-order valence-electron chi connectivity index (χ1n) is 8.49. The number of hydrogen-bond donors (Lipinski definition) is 0. The van der Waals surface area contributed by atoms with Gasteiger partial charge in [0.25, 0.3) is 5.56 Å². The summed E-state index contributed by atoms with van der Waals surface area (Å²) in [5.74, 6) is -0.382. The Bertz CT molecular complexity index is 1080. The average molecular weight is 405 g/mol. The maximum Gasteiger partial charge on any atom is 0.311 e. The standard InChI is InChI=1S/C20H18Cl2N2O3/c1-3-27-18(25)10-17-14-6-4-5-12(2)19(14)20(26)24(23-17)11-13-7-8-15(21)16(22)9-13/h4-9H,3,10-11H2,1-2H3. The van der Waals surface area contributed by atoms with E-state index in [0.717, 1.165) is 11.1 Å². The number of halogens is 2. The van der Waals surface area contributed by atoms with Crippen LogP contribution in [-0.2, 0) is 22.5 Å². The molecule has 1 aromatic heterocycles. The summed E-state index contributed by atoms with van der Waals surface area (Å²) >= 11 is 12.0. The van der Waals surface area contributed by atoms with Gasteiger partial charge >= 0.3 is 5.97 Å². The van der Waals surface area contributed by atoms with Gasteiger partial charge in [0.15, 0.2) is 0 Å². The van der Waals surface area contributed by atoms with Crippen LogP contribution in [0.25, 0.3) is 10.8 Å². The highest BCUT2D eigenvalue weighted by atomic mass is 35.5.